The van der Waals surface area contributed by atoms with Gasteiger partial charge in [-0.15, -0.1) is 0 Å². The first-order chi connectivity index (χ1) is 15.5. The number of imide groups is 2. The molecule has 4 amide bonds. The molecule has 2 aromatic heterocycles. The fraction of sp³-hybridized carbons (Fsp3) is 0.208. The van der Waals surface area contributed by atoms with Gasteiger partial charge < -0.3 is 0 Å². The van der Waals surface area contributed by atoms with Crippen LogP contribution in [0.25, 0.3) is 0 Å². The molecule has 8 heteroatoms. The molecular formula is C24H21ClN4O3. The second kappa shape index (κ2) is 9.28. The predicted molar refractivity (Wildman–Crippen MR) is 120 cm³/mol. The van der Waals surface area contributed by atoms with Crippen LogP contribution in [0, 0.1) is 5.41 Å². The Morgan fingerprint density at radius 2 is 1.28 bits per heavy atom. The SMILES string of the molecule is O=C1NC(=O)C(CCc2ccncc2)(CCc2ccncc2)C(=O)N1c1ccc(Cl)cc1. The quantitative estimate of drug-likeness (QED) is 0.552. The molecule has 1 fully saturated rings. The minimum Gasteiger partial charge on any atom is -0.276 e. The van der Waals surface area contributed by atoms with Crippen LogP contribution in [0.2, 0.25) is 5.02 Å². The minimum absolute atomic E-state index is 0.254. The molecule has 0 saturated carbocycles. The lowest BCUT2D eigenvalue weighted by atomic mass is 9.74. The summed E-state index contributed by atoms with van der Waals surface area (Å²) in [5, 5.41) is 2.89. The van der Waals surface area contributed by atoms with Crippen molar-refractivity contribution in [2.45, 2.75) is 25.7 Å². The Morgan fingerprint density at radius 3 is 1.78 bits per heavy atom. The van der Waals surface area contributed by atoms with E-state index in [0.717, 1.165) is 16.0 Å². The van der Waals surface area contributed by atoms with Crippen LogP contribution in [0.4, 0.5) is 10.5 Å². The maximum absolute atomic E-state index is 13.8. The van der Waals surface area contributed by atoms with E-state index in [-0.39, 0.29) is 12.8 Å². The Morgan fingerprint density at radius 1 is 0.781 bits per heavy atom. The van der Waals surface area contributed by atoms with Gasteiger partial charge in [-0.05, 0) is 85.3 Å². The van der Waals surface area contributed by atoms with Crippen molar-refractivity contribution in [3.05, 3.63) is 89.5 Å². The third-order valence-electron chi connectivity index (χ3n) is 5.74. The molecule has 0 spiro atoms. The molecule has 0 atom stereocenters. The van der Waals surface area contributed by atoms with Crippen molar-refractivity contribution in [1.82, 2.24) is 15.3 Å². The van der Waals surface area contributed by atoms with Gasteiger partial charge in [-0.1, -0.05) is 11.6 Å². The van der Waals surface area contributed by atoms with E-state index in [1.165, 1.54) is 0 Å². The van der Waals surface area contributed by atoms with E-state index < -0.39 is 23.3 Å². The number of benzene rings is 1. The average molecular weight is 449 g/mol. The van der Waals surface area contributed by atoms with Gasteiger partial charge in [-0.25, -0.2) is 9.69 Å². The van der Waals surface area contributed by atoms with Gasteiger partial charge in [0.2, 0.25) is 5.91 Å². The van der Waals surface area contributed by atoms with Crippen LogP contribution >= 0.6 is 11.6 Å². The van der Waals surface area contributed by atoms with Gasteiger partial charge in [0.1, 0.15) is 5.41 Å². The molecule has 7 nitrogen and oxygen atoms in total. The summed E-state index contributed by atoms with van der Waals surface area (Å²) < 4.78 is 0. The number of hydrogen-bond donors (Lipinski definition) is 1. The van der Waals surface area contributed by atoms with Gasteiger partial charge in [0, 0.05) is 29.8 Å². The largest absolute Gasteiger partial charge is 0.335 e. The summed E-state index contributed by atoms with van der Waals surface area (Å²) in [7, 11) is 0. The fourth-order valence-corrected chi connectivity index (χ4v) is 4.01. The number of halogens is 1. The first-order valence-electron chi connectivity index (χ1n) is 10.2. The van der Waals surface area contributed by atoms with Crippen LogP contribution in [0.1, 0.15) is 24.0 Å². The summed E-state index contributed by atoms with van der Waals surface area (Å²) in [6.07, 6.45) is 8.17. The molecule has 32 heavy (non-hydrogen) atoms. The number of barbiturate groups is 1. The van der Waals surface area contributed by atoms with E-state index >= 15 is 0 Å². The summed E-state index contributed by atoms with van der Waals surface area (Å²) >= 11 is 5.97. The highest BCUT2D eigenvalue weighted by molar-refractivity contribution is 6.31. The maximum atomic E-state index is 13.8. The van der Waals surface area contributed by atoms with Gasteiger partial charge in [0.05, 0.1) is 5.69 Å². The topological polar surface area (TPSA) is 92.3 Å². The maximum Gasteiger partial charge on any atom is 0.335 e. The smallest absolute Gasteiger partial charge is 0.276 e. The number of aromatic nitrogens is 2. The Kier molecular flexibility index (Phi) is 6.28. The number of hydrogen-bond acceptors (Lipinski definition) is 5. The number of rotatable bonds is 7. The number of carbonyl (C=O) groups is 3. The van der Waals surface area contributed by atoms with Gasteiger partial charge in [-0.2, -0.15) is 0 Å². The van der Waals surface area contributed by atoms with Crippen molar-refractivity contribution in [3.8, 4) is 0 Å². The monoisotopic (exact) mass is 448 g/mol. The minimum atomic E-state index is -1.40. The normalized spacial score (nSPS) is 15.5. The third kappa shape index (κ3) is 4.38. The molecule has 1 N–H and O–H groups in total. The Balaban J connectivity index is 1.69. The Labute approximate surface area is 190 Å². The highest BCUT2D eigenvalue weighted by atomic mass is 35.5. The number of urea groups is 1. The van der Waals surface area contributed by atoms with Crippen LogP contribution in [0.15, 0.2) is 73.3 Å². The number of pyridine rings is 2. The van der Waals surface area contributed by atoms with Crippen LogP contribution < -0.4 is 10.2 Å². The van der Waals surface area contributed by atoms with Crippen molar-refractivity contribution in [1.29, 1.82) is 0 Å². The molecule has 1 aliphatic heterocycles. The fourth-order valence-electron chi connectivity index (χ4n) is 3.88. The van der Waals surface area contributed by atoms with Crippen molar-refractivity contribution in [3.63, 3.8) is 0 Å². The van der Waals surface area contributed by atoms with Crippen LogP contribution in [-0.2, 0) is 22.4 Å². The second-order valence-electron chi connectivity index (χ2n) is 7.67. The van der Waals surface area contributed by atoms with Crippen LogP contribution in [-0.4, -0.2) is 27.8 Å². The van der Waals surface area contributed by atoms with E-state index in [1.54, 1.807) is 49.1 Å². The molecular weight excluding hydrogens is 428 g/mol. The van der Waals surface area contributed by atoms with Crippen molar-refractivity contribution < 1.29 is 14.4 Å². The second-order valence-corrected chi connectivity index (χ2v) is 8.11. The lowest BCUT2D eigenvalue weighted by molar-refractivity contribution is -0.143. The van der Waals surface area contributed by atoms with E-state index in [1.807, 2.05) is 24.3 Å². The number of anilines is 1. The number of amides is 4. The molecule has 0 unspecified atom stereocenters. The van der Waals surface area contributed by atoms with Crippen molar-refractivity contribution >= 4 is 35.1 Å². The van der Waals surface area contributed by atoms with Gasteiger partial charge in [0.15, 0.2) is 0 Å². The Hall–Kier alpha value is -3.58. The molecule has 0 radical (unpaired) electrons. The first kappa shape index (κ1) is 21.6. The van der Waals surface area contributed by atoms with E-state index in [0.29, 0.717) is 23.6 Å². The highest BCUT2D eigenvalue weighted by Gasteiger charge is 2.53. The summed E-state index contributed by atoms with van der Waals surface area (Å²) in [4.78, 5) is 48.7. The highest BCUT2D eigenvalue weighted by Crippen LogP contribution is 2.37. The molecule has 4 rings (SSSR count). The van der Waals surface area contributed by atoms with Crippen molar-refractivity contribution in [2.24, 2.45) is 5.41 Å². The van der Waals surface area contributed by atoms with Gasteiger partial charge in [-0.3, -0.25) is 24.9 Å². The number of aryl methyl sites for hydroxylation is 2. The molecule has 1 aliphatic rings. The summed E-state index contributed by atoms with van der Waals surface area (Å²) in [5.41, 5.74) is 0.874. The third-order valence-corrected chi connectivity index (χ3v) is 5.99. The predicted octanol–water partition coefficient (Wildman–Crippen LogP) is 3.96. The van der Waals surface area contributed by atoms with Crippen LogP contribution in [0.3, 0.4) is 0 Å². The summed E-state index contributed by atoms with van der Waals surface area (Å²) in [6.45, 7) is 0. The zero-order chi connectivity index (χ0) is 22.6. The van der Waals surface area contributed by atoms with Crippen molar-refractivity contribution in [2.75, 3.05) is 4.90 Å². The number of nitrogens with zero attached hydrogens (tertiary/aromatic N) is 3. The molecule has 1 saturated heterocycles. The molecule has 162 valence electrons. The standard InChI is InChI=1S/C24H21ClN4O3/c25-19-1-3-20(4-2-19)29-22(31)24(21(30)28-23(29)32,11-5-17-7-13-26-14-8-17)12-6-18-9-15-27-16-10-18/h1-4,7-10,13-16H,5-6,11-12H2,(H,28,30,32). The summed E-state index contributed by atoms with van der Waals surface area (Å²) in [5.74, 6) is -1.10. The zero-order valence-corrected chi connectivity index (χ0v) is 18.0. The molecule has 3 heterocycles. The Bertz CT molecular complexity index is 1080. The molecule has 0 aliphatic carbocycles. The van der Waals surface area contributed by atoms with Crippen LogP contribution in [0.5, 0.6) is 0 Å². The first-order valence-corrected chi connectivity index (χ1v) is 10.6. The molecule has 3 aromatic rings. The number of nitrogens with one attached hydrogen (secondary N) is 1. The lowest BCUT2D eigenvalue weighted by Gasteiger charge is -2.39. The van der Waals surface area contributed by atoms with Gasteiger partial charge in [0.25, 0.3) is 5.91 Å². The average Bonchev–Trinajstić information content (AvgIpc) is 2.81. The number of carbonyl (C=O) groups excluding carboxylic acids is 3. The lowest BCUT2D eigenvalue weighted by Crippen LogP contribution is -2.64. The van der Waals surface area contributed by atoms with E-state index in [2.05, 4.69) is 15.3 Å². The molecule has 0 bridgehead atoms. The molecule has 1 aromatic carbocycles. The van der Waals surface area contributed by atoms with E-state index in [9.17, 15) is 14.4 Å². The van der Waals surface area contributed by atoms with E-state index in [4.69, 9.17) is 11.6 Å². The zero-order valence-electron chi connectivity index (χ0n) is 17.2. The summed E-state index contributed by atoms with van der Waals surface area (Å²) in [6, 6.07) is 13.0. The van der Waals surface area contributed by atoms with Gasteiger partial charge >= 0.3 is 6.03 Å².